The van der Waals surface area contributed by atoms with E-state index in [1.54, 1.807) is 13.8 Å². The van der Waals surface area contributed by atoms with E-state index in [1.165, 1.54) is 18.2 Å². The number of nitrogens with zero attached hydrogens (tertiary/aromatic N) is 1. The average Bonchev–Trinajstić information content (AvgIpc) is 2.49. The molecule has 1 aromatic carbocycles. The van der Waals surface area contributed by atoms with Gasteiger partial charge in [-0.05, 0) is 26.0 Å². The van der Waals surface area contributed by atoms with Gasteiger partial charge in [-0.1, -0.05) is 5.92 Å². The lowest BCUT2D eigenvalue weighted by atomic mass is 10.1. The number of carbonyl (C=O) groups is 2. The van der Waals surface area contributed by atoms with Crippen LogP contribution in [-0.2, 0) is 4.79 Å². The van der Waals surface area contributed by atoms with Crippen LogP contribution in [0, 0.1) is 22.5 Å². The second-order valence-corrected chi connectivity index (χ2v) is 4.95. The molecule has 0 saturated carbocycles. The molecule has 8 heteroatoms. The fourth-order valence-corrected chi connectivity index (χ4v) is 1.71. The van der Waals surface area contributed by atoms with E-state index in [-0.39, 0.29) is 42.0 Å². The summed E-state index contributed by atoms with van der Waals surface area (Å²) in [5, 5.41) is 18.9. The van der Waals surface area contributed by atoms with Gasteiger partial charge in [-0.25, -0.2) is 0 Å². The van der Waals surface area contributed by atoms with Crippen LogP contribution in [0.2, 0.25) is 0 Å². The van der Waals surface area contributed by atoms with E-state index in [2.05, 4.69) is 21.9 Å². The van der Waals surface area contributed by atoms with E-state index in [0.717, 1.165) is 0 Å². The molecule has 0 atom stereocenters. The SMILES string of the molecule is C#CCNC(=O)CNc1ccc(C(=O)NC(C)C)cc1[N+](=O)[O-]. The molecule has 0 bridgehead atoms. The molecule has 0 aliphatic carbocycles. The molecule has 0 spiro atoms. The molecule has 0 fully saturated rings. The van der Waals surface area contributed by atoms with Crippen molar-refractivity contribution < 1.29 is 14.5 Å². The normalized spacial score (nSPS) is 9.83. The minimum Gasteiger partial charge on any atom is -0.371 e. The molecule has 0 aliphatic heterocycles. The predicted octanol–water partition coefficient (Wildman–Crippen LogP) is 0.894. The third kappa shape index (κ3) is 5.67. The van der Waals surface area contributed by atoms with Crippen molar-refractivity contribution in [2.24, 2.45) is 0 Å². The summed E-state index contributed by atoms with van der Waals surface area (Å²) in [7, 11) is 0. The maximum atomic E-state index is 11.9. The first-order valence-corrected chi connectivity index (χ1v) is 6.88. The Labute approximate surface area is 133 Å². The smallest absolute Gasteiger partial charge is 0.293 e. The number of hydrogen-bond donors (Lipinski definition) is 3. The van der Waals surface area contributed by atoms with Crippen molar-refractivity contribution >= 4 is 23.2 Å². The number of benzene rings is 1. The first-order chi connectivity index (χ1) is 10.8. The Morgan fingerprint density at radius 1 is 1.39 bits per heavy atom. The summed E-state index contributed by atoms with van der Waals surface area (Å²) in [6.07, 6.45) is 5.01. The van der Waals surface area contributed by atoms with E-state index in [4.69, 9.17) is 6.42 Å². The molecule has 23 heavy (non-hydrogen) atoms. The highest BCUT2D eigenvalue weighted by molar-refractivity contribution is 5.96. The van der Waals surface area contributed by atoms with E-state index in [9.17, 15) is 19.7 Å². The lowest BCUT2D eigenvalue weighted by molar-refractivity contribution is -0.384. The van der Waals surface area contributed by atoms with E-state index in [1.807, 2.05) is 0 Å². The average molecular weight is 318 g/mol. The number of rotatable bonds is 7. The van der Waals surface area contributed by atoms with Crippen molar-refractivity contribution in [1.82, 2.24) is 10.6 Å². The van der Waals surface area contributed by atoms with Crippen LogP contribution in [0.3, 0.4) is 0 Å². The Hall–Kier alpha value is -3.08. The van der Waals surface area contributed by atoms with Crippen molar-refractivity contribution in [2.45, 2.75) is 19.9 Å². The second-order valence-electron chi connectivity index (χ2n) is 4.95. The van der Waals surface area contributed by atoms with Crippen LogP contribution in [0.1, 0.15) is 24.2 Å². The molecule has 0 unspecified atom stereocenters. The highest BCUT2D eigenvalue weighted by Gasteiger charge is 2.18. The molecule has 3 N–H and O–H groups in total. The van der Waals surface area contributed by atoms with Crippen molar-refractivity contribution in [3.05, 3.63) is 33.9 Å². The van der Waals surface area contributed by atoms with Crippen molar-refractivity contribution in [3.8, 4) is 12.3 Å². The standard InChI is InChI=1S/C15H18N4O4/c1-4-7-16-14(20)9-17-12-6-5-11(8-13(12)19(22)23)15(21)18-10(2)3/h1,5-6,8,10,17H,7,9H2,2-3H3,(H,16,20)(H,18,21). The molecule has 0 heterocycles. The van der Waals surface area contributed by atoms with Crippen molar-refractivity contribution in [1.29, 1.82) is 0 Å². The van der Waals surface area contributed by atoms with Crippen LogP contribution < -0.4 is 16.0 Å². The third-order valence-electron chi connectivity index (χ3n) is 2.70. The fraction of sp³-hybridized carbons (Fsp3) is 0.333. The lowest BCUT2D eigenvalue weighted by Crippen LogP contribution is -2.30. The molecule has 1 aromatic rings. The summed E-state index contributed by atoms with van der Waals surface area (Å²) in [6.45, 7) is 3.49. The Kier molecular flexibility index (Phi) is 6.55. The number of carbonyl (C=O) groups excluding carboxylic acids is 2. The number of nitro benzene ring substituents is 1. The summed E-state index contributed by atoms with van der Waals surface area (Å²) < 4.78 is 0. The largest absolute Gasteiger partial charge is 0.371 e. The van der Waals surface area contributed by atoms with Gasteiger partial charge in [0.15, 0.2) is 0 Å². The maximum absolute atomic E-state index is 11.9. The minimum atomic E-state index is -0.617. The number of amides is 2. The fourth-order valence-electron chi connectivity index (χ4n) is 1.71. The maximum Gasteiger partial charge on any atom is 0.293 e. The van der Waals surface area contributed by atoms with Crippen molar-refractivity contribution in [2.75, 3.05) is 18.4 Å². The lowest BCUT2D eigenvalue weighted by Gasteiger charge is -2.10. The monoisotopic (exact) mass is 318 g/mol. The Morgan fingerprint density at radius 3 is 2.65 bits per heavy atom. The number of anilines is 1. The highest BCUT2D eigenvalue weighted by atomic mass is 16.6. The number of hydrogen-bond acceptors (Lipinski definition) is 5. The summed E-state index contributed by atoms with van der Waals surface area (Å²) in [5.74, 6) is 1.46. The van der Waals surface area contributed by atoms with Crippen molar-refractivity contribution in [3.63, 3.8) is 0 Å². The predicted molar refractivity (Wildman–Crippen MR) is 86.0 cm³/mol. The van der Waals surface area contributed by atoms with Gasteiger partial charge >= 0.3 is 0 Å². The highest BCUT2D eigenvalue weighted by Crippen LogP contribution is 2.25. The van der Waals surface area contributed by atoms with Gasteiger partial charge in [0.1, 0.15) is 5.69 Å². The zero-order valence-corrected chi connectivity index (χ0v) is 12.9. The molecule has 8 nitrogen and oxygen atoms in total. The molecule has 1 rings (SSSR count). The summed E-state index contributed by atoms with van der Waals surface area (Å²) in [5.41, 5.74) is 0.0332. The Morgan fingerprint density at radius 2 is 2.09 bits per heavy atom. The van der Waals surface area contributed by atoms with Gasteiger partial charge in [0.05, 0.1) is 18.0 Å². The van der Waals surface area contributed by atoms with E-state index < -0.39 is 10.8 Å². The molecule has 0 aromatic heterocycles. The zero-order valence-electron chi connectivity index (χ0n) is 12.9. The van der Waals surface area contributed by atoms with Gasteiger partial charge in [0, 0.05) is 17.7 Å². The number of nitrogens with one attached hydrogen (secondary N) is 3. The quantitative estimate of drug-likeness (QED) is 0.392. The first-order valence-electron chi connectivity index (χ1n) is 6.88. The number of nitro groups is 1. The van der Waals surface area contributed by atoms with Crippen LogP contribution in [0.4, 0.5) is 11.4 Å². The van der Waals surface area contributed by atoms with Gasteiger partial charge in [0.2, 0.25) is 5.91 Å². The number of terminal acetylenes is 1. The van der Waals surface area contributed by atoms with Crippen LogP contribution in [0.15, 0.2) is 18.2 Å². The molecule has 0 radical (unpaired) electrons. The summed E-state index contributed by atoms with van der Waals surface area (Å²) >= 11 is 0. The second kappa shape index (κ2) is 8.38. The third-order valence-corrected chi connectivity index (χ3v) is 2.70. The van der Waals surface area contributed by atoms with Crippen LogP contribution in [0.5, 0.6) is 0 Å². The van der Waals surface area contributed by atoms with E-state index in [0.29, 0.717) is 0 Å². The molecule has 2 amide bonds. The summed E-state index contributed by atoms with van der Waals surface area (Å²) in [4.78, 5) is 33.9. The van der Waals surface area contributed by atoms with E-state index >= 15 is 0 Å². The van der Waals surface area contributed by atoms with Crippen LogP contribution >= 0.6 is 0 Å². The minimum absolute atomic E-state index is 0.0803. The Bertz CT molecular complexity index is 649. The van der Waals surface area contributed by atoms with Gasteiger partial charge < -0.3 is 16.0 Å². The first kappa shape index (κ1) is 18.0. The molecular formula is C15H18N4O4. The molecule has 0 saturated heterocycles. The van der Waals surface area contributed by atoms with Gasteiger partial charge in [0.25, 0.3) is 11.6 Å². The summed E-state index contributed by atoms with van der Waals surface area (Å²) in [6, 6.07) is 3.92. The molecular weight excluding hydrogens is 300 g/mol. The Balaban J connectivity index is 2.89. The topological polar surface area (TPSA) is 113 Å². The molecule has 0 aliphatic rings. The van der Waals surface area contributed by atoms with Gasteiger partial charge in [-0.3, -0.25) is 19.7 Å². The molecule has 122 valence electrons. The van der Waals surface area contributed by atoms with Crippen LogP contribution in [-0.4, -0.2) is 35.9 Å². The van der Waals surface area contributed by atoms with Gasteiger partial charge in [-0.2, -0.15) is 0 Å². The van der Waals surface area contributed by atoms with Crippen LogP contribution in [0.25, 0.3) is 0 Å². The van der Waals surface area contributed by atoms with Gasteiger partial charge in [-0.15, -0.1) is 6.42 Å². The zero-order chi connectivity index (χ0) is 17.4.